The standard InChI is InChI=1S/C18H15ClFNO3.C10H11NO2.C8H5Cl2FO/c19-17-13(7-4-8-15(17)20)10-16(22)21-14(11-24-18(21)23)9-12-5-2-1-3-6-12;12-10-11-9(7-13-10)6-8-4-2-1-3-5-8;9-7(12)4-5-2-1-3-6(11)8(5)10/h1-8,14H,9-11H2;1-5,9H,6-7H2,(H,11,12);1-3H,4H2/t14-;9-;/m11./s1. The number of carbonyl (C=O) groups is 4. The van der Waals surface area contributed by atoms with Crippen LogP contribution in [0, 0.1) is 11.6 Å². The summed E-state index contributed by atoms with van der Waals surface area (Å²) in [5.74, 6) is -1.58. The molecule has 2 fully saturated rings. The van der Waals surface area contributed by atoms with Crippen molar-refractivity contribution in [3.8, 4) is 0 Å². The van der Waals surface area contributed by atoms with Crippen LogP contribution in [0.2, 0.25) is 10.0 Å². The van der Waals surface area contributed by atoms with Crippen molar-refractivity contribution in [2.45, 2.75) is 37.8 Å². The second-order valence-corrected chi connectivity index (χ2v) is 12.1. The van der Waals surface area contributed by atoms with Gasteiger partial charge in [0.15, 0.2) is 0 Å². The Balaban J connectivity index is 0.000000182. The zero-order valence-electron chi connectivity index (χ0n) is 25.9. The first-order valence-corrected chi connectivity index (χ1v) is 16.2. The molecule has 2 atom stereocenters. The molecular weight excluding hydrogens is 701 g/mol. The van der Waals surface area contributed by atoms with Crippen LogP contribution in [-0.4, -0.2) is 53.5 Å². The molecule has 2 saturated heterocycles. The lowest BCUT2D eigenvalue weighted by Gasteiger charge is -2.20. The van der Waals surface area contributed by atoms with Crippen LogP contribution < -0.4 is 5.32 Å². The number of carbonyl (C=O) groups excluding carboxylic acids is 4. The van der Waals surface area contributed by atoms with Crippen LogP contribution in [0.15, 0.2) is 97.1 Å². The molecule has 0 radical (unpaired) electrons. The van der Waals surface area contributed by atoms with Crippen LogP contribution in [0.3, 0.4) is 0 Å². The SMILES string of the molecule is O=C(Cc1cccc(F)c1Cl)N1C(=O)OC[C@H]1Cc1ccccc1.O=C(Cl)Cc1cccc(F)c1Cl.O=C1N[C@H](Cc2ccccc2)CO1. The Morgan fingerprint density at radius 1 is 0.714 bits per heavy atom. The van der Waals surface area contributed by atoms with Gasteiger partial charge in [-0.3, -0.25) is 9.59 Å². The summed E-state index contributed by atoms with van der Waals surface area (Å²) in [6.07, 6.45) is 0.172. The highest BCUT2D eigenvalue weighted by Gasteiger charge is 2.38. The van der Waals surface area contributed by atoms with Crippen LogP contribution in [-0.2, 0) is 44.7 Å². The molecule has 2 heterocycles. The number of rotatable bonds is 8. The van der Waals surface area contributed by atoms with Crippen molar-refractivity contribution < 1.29 is 37.4 Å². The van der Waals surface area contributed by atoms with E-state index in [1.807, 2.05) is 60.7 Å². The van der Waals surface area contributed by atoms with Gasteiger partial charge in [-0.1, -0.05) is 108 Å². The van der Waals surface area contributed by atoms with Crippen molar-refractivity contribution in [1.29, 1.82) is 0 Å². The van der Waals surface area contributed by atoms with E-state index in [9.17, 15) is 28.0 Å². The summed E-state index contributed by atoms with van der Waals surface area (Å²) in [6, 6.07) is 27.9. The number of hydrogen-bond acceptors (Lipinski definition) is 6. The van der Waals surface area contributed by atoms with Crippen LogP contribution in [0.25, 0.3) is 0 Å². The first-order valence-electron chi connectivity index (χ1n) is 15.1. The smallest absolute Gasteiger partial charge is 0.416 e. The monoisotopic (exact) mass is 730 g/mol. The number of nitrogens with one attached hydrogen (secondary N) is 1. The molecule has 0 bridgehead atoms. The van der Waals surface area contributed by atoms with Crippen molar-refractivity contribution in [2.24, 2.45) is 0 Å². The van der Waals surface area contributed by atoms with Gasteiger partial charge in [0.2, 0.25) is 11.1 Å². The fourth-order valence-corrected chi connectivity index (χ4v) is 5.53. The third-order valence-electron chi connectivity index (χ3n) is 7.34. The van der Waals surface area contributed by atoms with Gasteiger partial charge in [0.1, 0.15) is 24.8 Å². The zero-order valence-corrected chi connectivity index (χ0v) is 28.2. The first-order chi connectivity index (χ1) is 23.5. The Morgan fingerprint density at radius 3 is 1.76 bits per heavy atom. The lowest BCUT2D eigenvalue weighted by molar-refractivity contribution is -0.128. The van der Waals surface area contributed by atoms with Gasteiger partial charge in [0.25, 0.3) is 0 Å². The Bertz CT molecular complexity index is 1760. The normalized spacial score (nSPS) is 16.3. The lowest BCUT2D eigenvalue weighted by Crippen LogP contribution is -2.41. The molecular formula is C36H31Cl3F2N2O6. The quantitative estimate of drug-likeness (QED) is 0.186. The minimum Gasteiger partial charge on any atom is -0.447 e. The molecule has 1 N–H and O–H groups in total. The highest BCUT2D eigenvalue weighted by molar-refractivity contribution is 6.63. The highest BCUT2D eigenvalue weighted by Crippen LogP contribution is 2.24. The molecule has 3 amide bonds. The number of alkyl carbamates (subject to hydrolysis) is 1. The summed E-state index contributed by atoms with van der Waals surface area (Å²) in [5.41, 5.74) is 2.98. The predicted molar refractivity (Wildman–Crippen MR) is 182 cm³/mol. The minimum absolute atomic E-state index is 0.0356. The van der Waals surface area contributed by atoms with E-state index in [1.165, 1.54) is 29.8 Å². The number of halogens is 5. The number of amides is 3. The van der Waals surface area contributed by atoms with E-state index in [4.69, 9.17) is 44.3 Å². The molecule has 2 aliphatic heterocycles. The maximum Gasteiger partial charge on any atom is 0.416 e. The molecule has 2 aliphatic rings. The van der Waals surface area contributed by atoms with Gasteiger partial charge in [-0.05, 0) is 58.8 Å². The van der Waals surface area contributed by atoms with E-state index < -0.39 is 28.9 Å². The zero-order chi connectivity index (χ0) is 35.3. The number of ether oxygens (including phenoxy) is 2. The summed E-state index contributed by atoms with van der Waals surface area (Å²) < 4.78 is 36.1. The third-order valence-corrected chi connectivity index (χ3v) is 8.32. The molecule has 0 saturated carbocycles. The van der Waals surface area contributed by atoms with E-state index >= 15 is 0 Å². The number of benzene rings is 4. The molecule has 13 heteroatoms. The van der Waals surface area contributed by atoms with Crippen LogP contribution in [0.5, 0.6) is 0 Å². The van der Waals surface area contributed by atoms with Crippen LogP contribution in [0.1, 0.15) is 22.3 Å². The maximum absolute atomic E-state index is 13.5. The van der Waals surface area contributed by atoms with Gasteiger partial charge in [-0.25, -0.2) is 23.3 Å². The maximum atomic E-state index is 13.5. The van der Waals surface area contributed by atoms with Crippen molar-refractivity contribution in [1.82, 2.24) is 10.2 Å². The molecule has 8 nitrogen and oxygen atoms in total. The molecule has 0 spiro atoms. The van der Waals surface area contributed by atoms with Crippen LogP contribution in [0.4, 0.5) is 18.4 Å². The van der Waals surface area contributed by atoms with Gasteiger partial charge in [-0.15, -0.1) is 0 Å². The summed E-state index contributed by atoms with van der Waals surface area (Å²) in [7, 11) is 0. The number of imide groups is 1. The topological polar surface area (TPSA) is 102 Å². The Labute approximate surface area is 296 Å². The van der Waals surface area contributed by atoms with Crippen molar-refractivity contribution >= 4 is 58.1 Å². The number of nitrogens with zero attached hydrogens (tertiary/aromatic N) is 1. The van der Waals surface area contributed by atoms with Crippen molar-refractivity contribution in [2.75, 3.05) is 13.2 Å². The van der Waals surface area contributed by atoms with Gasteiger partial charge in [-0.2, -0.15) is 0 Å². The number of cyclic esters (lactones) is 2. The molecule has 4 aromatic carbocycles. The average molecular weight is 732 g/mol. The van der Waals surface area contributed by atoms with Crippen molar-refractivity contribution in [3.63, 3.8) is 0 Å². The summed E-state index contributed by atoms with van der Waals surface area (Å²) in [5, 5.41) is 2.05. The summed E-state index contributed by atoms with van der Waals surface area (Å²) >= 11 is 16.6. The Kier molecular flexibility index (Phi) is 13.9. The molecule has 0 aromatic heterocycles. The van der Waals surface area contributed by atoms with Crippen LogP contribution >= 0.6 is 34.8 Å². The average Bonchev–Trinajstić information content (AvgIpc) is 3.66. The van der Waals surface area contributed by atoms with Gasteiger partial charge in [0, 0.05) is 6.42 Å². The Hall–Kier alpha value is -4.51. The van der Waals surface area contributed by atoms with Gasteiger partial charge < -0.3 is 14.8 Å². The lowest BCUT2D eigenvalue weighted by atomic mass is 10.0. The summed E-state index contributed by atoms with van der Waals surface area (Å²) in [4.78, 5) is 46.7. The van der Waals surface area contributed by atoms with E-state index in [2.05, 4.69) is 5.32 Å². The summed E-state index contributed by atoms with van der Waals surface area (Å²) in [6.45, 7) is 0.629. The second-order valence-electron chi connectivity index (χ2n) is 10.9. The molecule has 0 unspecified atom stereocenters. The van der Waals surface area contributed by atoms with E-state index in [0.29, 0.717) is 24.2 Å². The predicted octanol–water partition coefficient (Wildman–Crippen LogP) is 7.74. The fourth-order valence-electron chi connectivity index (χ4n) is 5.01. The van der Waals surface area contributed by atoms with Gasteiger partial charge >= 0.3 is 12.2 Å². The fraction of sp³-hybridized carbons (Fsp3) is 0.222. The molecule has 49 heavy (non-hydrogen) atoms. The molecule has 6 rings (SSSR count). The van der Waals surface area contributed by atoms with Crippen molar-refractivity contribution in [3.05, 3.63) is 141 Å². The van der Waals surface area contributed by atoms with E-state index in [1.54, 1.807) is 12.1 Å². The first kappa shape index (κ1) is 37.3. The number of hydrogen-bond donors (Lipinski definition) is 1. The Morgan fingerprint density at radius 2 is 1.24 bits per heavy atom. The second kappa shape index (κ2) is 18.3. The van der Waals surface area contributed by atoms with E-state index in [0.717, 1.165) is 16.9 Å². The highest BCUT2D eigenvalue weighted by atomic mass is 35.5. The largest absolute Gasteiger partial charge is 0.447 e. The van der Waals surface area contributed by atoms with Gasteiger partial charge in [0.05, 0.1) is 28.5 Å². The third kappa shape index (κ3) is 11.3. The molecule has 0 aliphatic carbocycles. The van der Waals surface area contributed by atoms with E-state index in [-0.39, 0.29) is 47.7 Å². The molecule has 256 valence electrons. The molecule has 4 aromatic rings. The minimum atomic E-state index is -0.673.